The topological polar surface area (TPSA) is 58.2 Å². The van der Waals surface area contributed by atoms with Gasteiger partial charge in [0.25, 0.3) is 5.56 Å². The molecular weight excluding hydrogens is 358 g/mol. The zero-order chi connectivity index (χ0) is 19.1. The fourth-order valence-electron chi connectivity index (χ4n) is 3.93. The minimum Gasteiger partial charge on any atom is -0.373 e. The SMILES string of the molecule is Cc1ccc(-c2c(C)sc3nc(CN4C[C@@H](C)O[C@@H](C)C4)[nH]c(=O)c23)cc1. The summed E-state index contributed by atoms with van der Waals surface area (Å²) in [6.45, 7) is 10.6. The molecule has 0 spiro atoms. The molecule has 3 aromatic rings. The third kappa shape index (κ3) is 3.70. The van der Waals surface area contributed by atoms with Gasteiger partial charge in [0.05, 0.1) is 24.1 Å². The van der Waals surface area contributed by atoms with Gasteiger partial charge in [-0.15, -0.1) is 11.3 Å². The third-order valence-electron chi connectivity index (χ3n) is 5.00. The quantitative estimate of drug-likeness (QED) is 0.746. The molecule has 0 aliphatic carbocycles. The second-order valence-electron chi connectivity index (χ2n) is 7.54. The lowest BCUT2D eigenvalue weighted by atomic mass is 10.0. The van der Waals surface area contributed by atoms with E-state index in [4.69, 9.17) is 9.72 Å². The molecule has 1 fully saturated rings. The van der Waals surface area contributed by atoms with E-state index < -0.39 is 0 Å². The summed E-state index contributed by atoms with van der Waals surface area (Å²) in [6.07, 6.45) is 0.391. The lowest BCUT2D eigenvalue weighted by Gasteiger charge is -2.34. The molecule has 1 N–H and O–H groups in total. The van der Waals surface area contributed by atoms with Crippen molar-refractivity contribution >= 4 is 21.6 Å². The van der Waals surface area contributed by atoms with Gasteiger partial charge in [-0.1, -0.05) is 29.8 Å². The van der Waals surface area contributed by atoms with E-state index in [1.165, 1.54) is 5.56 Å². The second-order valence-corrected chi connectivity index (χ2v) is 8.75. The van der Waals surface area contributed by atoms with Crippen molar-refractivity contribution in [2.24, 2.45) is 0 Å². The van der Waals surface area contributed by atoms with Gasteiger partial charge in [0, 0.05) is 23.5 Å². The van der Waals surface area contributed by atoms with Crippen LogP contribution in [-0.2, 0) is 11.3 Å². The van der Waals surface area contributed by atoms with E-state index in [1.807, 2.05) is 0 Å². The van der Waals surface area contributed by atoms with Crippen LogP contribution in [0.25, 0.3) is 21.3 Å². The lowest BCUT2D eigenvalue weighted by molar-refractivity contribution is -0.0710. The van der Waals surface area contributed by atoms with E-state index in [2.05, 4.69) is 61.8 Å². The van der Waals surface area contributed by atoms with Crippen molar-refractivity contribution < 1.29 is 4.74 Å². The third-order valence-corrected chi connectivity index (χ3v) is 6.00. The van der Waals surface area contributed by atoms with Crippen molar-refractivity contribution in [3.05, 3.63) is 50.9 Å². The Labute approximate surface area is 163 Å². The minimum atomic E-state index is -0.0516. The van der Waals surface area contributed by atoms with Crippen molar-refractivity contribution in [1.29, 1.82) is 0 Å². The molecule has 142 valence electrons. The van der Waals surface area contributed by atoms with Crippen LogP contribution in [-0.4, -0.2) is 40.2 Å². The molecule has 1 aliphatic rings. The summed E-state index contributed by atoms with van der Waals surface area (Å²) in [6, 6.07) is 8.31. The molecule has 0 radical (unpaired) electrons. The Balaban J connectivity index is 1.71. The van der Waals surface area contributed by atoms with Gasteiger partial charge in [-0.05, 0) is 33.3 Å². The zero-order valence-corrected chi connectivity index (χ0v) is 17.0. The molecule has 6 heteroatoms. The van der Waals surface area contributed by atoms with Crippen LogP contribution in [0.1, 0.15) is 30.1 Å². The van der Waals surface area contributed by atoms with E-state index in [1.54, 1.807) is 11.3 Å². The number of hydrogen-bond donors (Lipinski definition) is 1. The predicted octanol–water partition coefficient (Wildman–Crippen LogP) is 3.88. The van der Waals surface area contributed by atoms with Gasteiger partial charge in [-0.2, -0.15) is 0 Å². The second kappa shape index (κ2) is 7.19. The van der Waals surface area contributed by atoms with Gasteiger partial charge >= 0.3 is 0 Å². The molecule has 0 saturated carbocycles. The number of nitrogens with zero attached hydrogens (tertiary/aromatic N) is 2. The number of aromatic amines is 1. The van der Waals surface area contributed by atoms with E-state index in [9.17, 15) is 4.79 Å². The molecule has 2 aromatic heterocycles. The minimum absolute atomic E-state index is 0.0516. The average Bonchev–Trinajstić information content (AvgIpc) is 2.91. The highest BCUT2D eigenvalue weighted by Gasteiger charge is 2.23. The monoisotopic (exact) mass is 383 g/mol. The number of morpholine rings is 1. The highest BCUT2D eigenvalue weighted by Crippen LogP contribution is 2.35. The zero-order valence-electron chi connectivity index (χ0n) is 16.2. The normalized spacial score (nSPS) is 21.0. The summed E-state index contributed by atoms with van der Waals surface area (Å²) in [7, 11) is 0. The molecule has 5 nitrogen and oxygen atoms in total. The van der Waals surface area contributed by atoms with Gasteiger partial charge in [0.1, 0.15) is 10.7 Å². The van der Waals surface area contributed by atoms with Crippen molar-refractivity contribution in [3.63, 3.8) is 0 Å². The molecule has 1 aromatic carbocycles. The first kappa shape index (κ1) is 18.3. The molecule has 27 heavy (non-hydrogen) atoms. The molecule has 1 saturated heterocycles. The number of hydrogen-bond acceptors (Lipinski definition) is 5. The van der Waals surface area contributed by atoms with Crippen molar-refractivity contribution in [2.45, 2.75) is 46.4 Å². The lowest BCUT2D eigenvalue weighted by Crippen LogP contribution is -2.45. The first-order valence-electron chi connectivity index (χ1n) is 9.38. The summed E-state index contributed by atoms with van der Waals surface area (Å²) in [5.74, 6) is 0.727. The smallest absolute Gasteiger partial charge is 0.260 e. The van der Waals surface area contributed by atoms with Gasteiger partial charge in [-0.25, -0.2) is 4.98 Å². The molecule has 4 rings (SSSR count). The molecule has 2 atom stereocenters. The number of aryl methyl sites for hydroxylation is 2. The first-order chi connectivity index (χ1) is 12.9. The maximum atomic E-state index is 12.9. The molecule has 1 aliphatic heterocycles. The first-order valence-corrected chi connectivity index (χ1v) is 10.2. The Kier molecular flexibility index (Phi) is 4.88. The van der Waals surface area contributed by atoms with Crippen LogP contribution in [0.4, 0.5) is 0 Å². The Bertz CT molecular complexity index is 1010. The van der Waals surface area contributed by atoms with Gasteiger partial charge in [0.15, 0.2) is 0 Å². The highest BCUT2D eigenvalue weighted by molar-refractivity contribution is 7.19. The van der Waals surface area contributed by atoms with Crippen LogP contribution < -0.4 is 5.56 Å². The Morgan fingerprint density at radius 2 is 1.85 bits per heavy atom. The van der Waals surface area contributed by atoms with E-state index in [0.29, 0.717) is 11.9 Å². The predicted molar refractivity (Wildman–Crippen MR) is 110 cm³/mol. The number of aromatic nitrogens is 2. The molecule has 0 bridgehead atoms. The van der Waals surface area contributed by atoms with Crippen molar-refractivity contribution in [2.75, 3.05) is 13.1 Å². The number of benzene rings is 1. The van der Waals surface area contributed by atoms with Crippen LogP contribution in [0.2, 0.25) is 0 Å². The number of ether oxygens (including phenoxy) is 1. The molecular formula is C21H25N3O2S. The highest BCUT2D eigenvalue weighted by atomic mass is 32.1. The number of rotatable bonds is 3. The van der Waals surface area contributed by atoms with Crippen LogP contribution in [0, 0.1) is 13.8 Å². The van der Waals surface area contributed by atoms with Crippen molar-refractivity contribution in [1.82, 2.24) is 14.9 Å². The van der Waals surface area contributed by atoms with Crippen molar-refractivity contribution in [3.8, 4) is 11.1 Å². The summed E-state index contributed by atoms with van der Waals surface area (Å²) in [5, 5.41) is 0.703. The Hall–Kier alpha value is -2.02. The van der Waals surface area contributed by atoms with Gasteiger partial charge in [-0.3, -0.25) is 9.69 Å². The number of H-pyrrole nitrogens is 1. The maximum Gasteiger partial charge on any atom is 0.260 e. The molecule has 0 unspecified atom stereocenters. The maximum absolute atomic E-state index is 12.9. The molecule has 0 amide bonds. The summed E-state index contributed by atoms with van der Waals surface area (Å²) in [4.78, 5) is 25.0. The standard InChI is InChI=1S/C21H25N3O2S/c1-12-5-7-16(8-6-12)18-15(4)27-21-19(18)20(25)22-17(23-21)11-24-9-13(2)26-14(3)10-24/h5-8,13-14H,9-11H2,1-4H3,(H,22,23,25)/t13-,14+. The summed E-state index contributed by atoms with van der Waals surface area (Å²) < 4.78 is 5.79. The average molecular weight is 384 g/mol. The van der Waals surface area contributed by atoms with Gasteiger partial charge in [0.2, 0.25) is 0 Å². The van der Waals surface area contributed by atoms with E-state index >= 15 is 0 Å². The number of thiophene rings is 1. The van der Waals surface area contributed by atoms with Crippen LogP contribution in [0.3, 0.4) is 0 Å². The summed E-state index contributed by atoms with van der Waals surface area (Å²) >= 11 is 1.59. The van der Waals surface area contributed by atoms with Crippen LogP contribution in [0.5, 0.6) is 0 Å². The fraction of sp³-hybridized carbons (Fsp3) is 0.429. The fourth-order valence-corrected chi connectivity index (χ4v) is 5.00. The van der Waals surface area contributed by atoms with E-state index in [0.717, 1.165) is 39.7 Å². The Morgan fingerprint density at radius 3 is 2.52 bits per heavy atom. The Morgan fingerprint density at radius 1 is 1.19 bits per heavy atom. The van der Waals surface area contributed by atoms with Gasteiger partial charge < -0.3 is 9.72 Å². The van der Waals surface area contributed by atoms with Crippen LogP contribution in [0.15, 0.2) is 29.1 Å². The van der Waals surface area contributed by atoms with E-state index in [-0.39, 0.29) is 17.8 Å². The molecule has 3 heterocycles. The number of fused-ring (bicyclic) bond motifs is 1. The largest absolute Gasteiger partial charge is 0.373 e. The summed E-state index contributed by atoms with van der Waals surface area (Å²) in [5.41, 5.74) is 3.23. The van der Waals surface area contributed by atoms with Crippen LogP contribution >= 0.6 is 11.3 Å². The number of nitrogens with one attached hydrogen (secondary N) is 1.